The van der Waals surface area contributed by atoms with Crippen LogP contribution in [0.15, 0.2) is 77.0 Å². The molecule has 1 aromatic heterocycles. The van der Waals surface area contributed by atoms with Crippen LogP contribution in [0.2, 0.25) is 0 Å². The maximum Gasteiger partial charge on any atom is 0.212 e. The Labute approximate surface area is 153 Å². The van der Waals surface area contributed by atoms with E-state index >= 15 is 0 Å². The fraction of sp³-hybridized carbons (Fsp3) is 0.0500. The van der Waals surface area contributed by atoms with E-state index in [0.29, 0.717) is 22.3 Å². The number of rotatable bonds is 2. The van der Waals surface area contributed by atoms with E-state index in [9.17, 15) is 4.39 Å². The highest BCUT2D eigenvalue weighted by molar-refractivity contribution is 7.99. The van der Waals surface area contributed by atoms with Gasteiger partial charge in [0.15, 0.2) is 5.82 Å². The summed E-state index contributed by atoms with van der Waals surface area (Å²) in [5.41, 5.74) is 2.37. The van der Waals surface area contributed by atoms with Crippen LogP contribution in [0.3, 0.4) is 0 Å². The van der Waals surface area contributed by atoms with Gasteiger partial charge in [-0.05, 0) is 34.5 Å². The summed E-state index contributed by atoms with van der Waals surface area (Å²) in [6.07, 6.45) is 0. The van der Waals surface area contributed by atoms with Crippen LogP contribution in [-0.2, 0) is 0 Å². The van der Waals surface area contributed by atoms with E-state index in [1.54, 1.807) is 34.6 Å². The molecule has 6 heteroatoms. The lowest BCUT2D eigenvalue weighted by Crippen LogP contribution is -2.14. The summed E-state index contributed by atoms with van der Waals surface area (Å²) in [5.74, 6) is 0.789. The molecule has 0 spiro atoms. The Kier molecular flexibility index (Phi) is 3.57. The third kappa shape index (κ3) is 2.50. The Hall–Kier alpha value is -2.99. The molecule has 0 saturated carbocycles. The average molecular weight is 360 g/mol. The Balaban J connectivity index is 1.63. The quantitative estimate of drug-likeness (QED) is 0.525. The zero-order valence-electron chi connectivity index (χ0n) is 13.6. The number of thioether (sulfide) groups is 1. The molecule has 0 atom stereocenters. The molecule has 0 saturated heterocycles. The molecule has 5 rings (SSSR count). The number of hydrogen-bond donors (Lipinski definition) is 0. The normalized spacial score (nSPS) is 13.5. The second-order valence-corrected chi connectivity index (χ2v) is 6.94. The molecule has 4 nitrogen and oxygen atoms in total. The molecule has 0 N–H and O–H groups in total. The average Bonchev–Trinajstić information content (AvgIpc) is 3.11. The SMILES string of the molecule is Fc1ccccc1-c1nnc2n1N=C(c1ccc3ccccc3c1)CS2. The maximum absolute atomic E-state index is 14.2. The summed E-state index contributed by atoms with van der Waals surface area (Å²) in [7, 11) is 0. The van der Waals surface area contributed by atoms with Crippen molar-refractivity contribution < 1.29 is 4.39 Å². The number of benzene rings is 3. The lowest BCUT2D eigenvalue weighted by molar-refractivity contribution is 0.627. The molecule has 0 radical (unpaired) electrons. The van der Waals surface area contributed by atoms with Crippen molar-refractivity contribution in [2.75, 3.05) is 5.75 Å². The predicted octanol–water partition coefficient (Wildman–Crippen LogP) is 4.60. The second-order valence-electron chi connectivity index (χ2n) is 6.00. The third-order valence-corrected chi connectivity index (χ3v) is 5.30. The summed E-state index contributed by atoms with van der Waals surface area (Å²) in [6.45, 7) is 0. The zero-order valence-corrected chi connectivity index (χ0v) is 14.4. The summed E-state index contributed by atoms with van der Waals surface area (Å²) in [6, 6.07) is 21.1. The van der Waals surface area contributed by atoms with Crippen LogP contribution in [0.25, 0.3) is 22.2 Å². The second kappa shape index (κ2) is 6.07. The molecular formula is C20H13FN4S. The molecular weight excluding hydrogens is 347 g/mol. The maximum atomic E-state index is 14.2. The summed E-state index contributed by atoms with van der Waals surface area (Å²) in [4.78, 5) is 0. The summed E-state index contributed by atoms with van der Waals surface area (Å²) >= 11 is 1.55. The molecule has 1 aliphatic heterocycles. The van der Waals surface area contributed by atoms with Gasteiger partial charge in [-0.3, -0.25) is 0 Å². The first-order valence-corrected chi connectivity index (χ1v) is 9.18. The van der Waals surface area contributed by atoms with Crippen LogP contribution in [-0.4, -0.2) is 26.3 Å². The van der Waals surface area contributed by atoms with Gasteiger partial charge in [-0.15, -0.1) is 10.2 Å². The van der Waals surface area contributed by atoms with Crippen molar-refractivity contribution in [2.24, 2.45) is 5.10 Å². The van der Waals surface area contributed by atoms with Crippen LogP contribution in [0.1, 0.15) is 5.56 Å². The van der Waals surface area contributed by atoms with Gasteiger partial charge in [-0.1, -0.05) is 60.3 Å². The highest BCUT2D eigenvalue weighted by Crippen LogP contribution is 2.30. The van der Waals surface area contributed by atoms with Crippen molar-refractivity contribution in [3.05, 3.63) is 78.1 Å². The smallest absolute Gasteiger partial charge is 0.206 e. The molecule has 0 amide bonds. The van der Waals surface area contributed by atoms with Crippen molar-refractivity contribution in [2.45, 2.75) is 5.16 Å². The van der Waals surface area contributed by atoms with E-state index in [1.165, 1.54) is 16.8 Å². The van der Waals surface area contributed by atoms with Gasteiger partial charge < -0.3 is 0 Å². The minimum Gasteiger partial charge on any atom is -0.206 e. The van der Waals surface area contributed by atoms with Crippen LogP contribution >= 0.6 is 11.8 Å². The summed E-state index contributed by atoms with van der Waals surface area (Å²) < 4.78 is 15.8. The number of nitrogens with zero attached hydrogens (tertiary/aromatic N) is 4. The molecule has 4 aromatic rings. The molecule has 126 valence electrons. The summed E-state index contributed by atoms with van der Waals surface area (Å²) in [5, 5.41) is 16.1. The molecule has 0 unspecified atom stereocenters. The zero-order chi connectivity index (χ0) is 17.5. The molecule has 0 aliphatic carbocycles. The lowest BCUT2D eigenvalue weighted by atomic mass is 10.0. The van der Waals surface area contributed by atoms with Crippen molar-refractivity contribution in [3.63, 3.8) is 0 Å². The van der Waals surface area contributed by atoms with Crippen LogP contribution in [0, 0.1) is 5.82 Å². The van der Waals surface area contributed by atoms with Crippen LogP contribution in [0.5, 0.6) is 0 Å². The van der Waals surface area contributed by atoms with Gasteiger partial charge in [0.25, 0.3) is 0 Å². The minimum atomic E-state index is -0.333. The number of hydrogen-bond acceptors (Lipinski definition) is 4. The van der Waals surface area contributed by atoms with Gasteiger partial charge in [0.05, 0.1) is 11.3 Å². The van der Waals surface area contributed by atoms with Crippen LogP contribution < -0.4 is 0 Å². The van der Waals surface area contributed by atoms with Crippen molar-refractivity contribution in [3.8, 4) is 11.4 Å². The molecule has 26 heavy (non-hydrogen) atoms. The largest absolute Gasteiger partial charge is 0.212 e. The van der Waals surface area contributed by atoms with Gasteiger partial charge in [0, 0.05) is 5.75 Å². The first-order chi connectivity index (χ1) is 12.8. The Morgan fingerprint density at radius 3 is 2.58 bits per heavy atom. The topological polar surface area (TPSA) is 43.1 Å². The van der Waals surface area contributed by atoms with Crippen molar-refractivity contribution in [1.82, 2.24) is 14.9 Å². The molecule has 0 fully saturated rings. The van der Waals surface area contributed by atoms with Gasteiger partial charge in [-0.2, -0.15) is 9.78 Å². The van der Waals surface area contributed by atoms with Gasteiger partial charge in [0.2, 0.25) is 5.16 Å². The first-order valence-electron chi connectivity index (χ1n) is 8.20. The third-order valence-electron chi connectivity index (χ3n) is 4.37. The van der Waals surface area contributed by atoms with Gasteiger partial charge in [0.1, 0.15) is 5.82 Å². The van der Waals surface area contributed by atoms with Crippen LogP contribution in [0.4, 0.5) is 4.39 Å². The lowest BCUT2D eigenvalue weighted by Gasteiger charge is -2.14. The van der Waals surface area contributed by atoms with Gasteiger partial charge in [-0.25, -0.2) is 4.39 Å². The standard InChI is InChI=1S/C20H13FN4S/c21-17-8-4-3-7-16(17)19-22-23-20-25(19)24-18(12-26-20)15-10-9-13-5-1-2-6-14(13)11-15/h1-11H,12H2. The van der Waals surface area contributed by atoms with Crippen molar-refractivity contribution in [1.29, 1.82) is 0 Å². The fourth-order valence-electron chi connectivity index (χ4n) is 3.05. The van der Waals surface area contributed by atoms with E-state index < -0.39 is 0 Å². The Bertz CT molecular complexity index is 1170. The van der Waals surface area contributed by atoms with E-state index in [2.05, 4.69) is 40.5 Å². The van der Waals surface area contributed by atoms with Gasteiger partial charge >= 0.3 is 0 Å². The number of aromatic nitrogens is 3. The molecule has 3 aromatic carbocycles. The van der Waals surface area contributed by atoms with E-state index in [1.807, 2.05) is 12.1 Å². The highest BCUT2D eigenvalue weighted by atomic mass is 32.2. The Morgan fingerprint density at radius 2 is 1.69 bits per heavy atom. The molecule has 0 bridgehead atoms. The Morgan fingerprint density at radius 1 is 0.885 bits per heavy atom. The van der Waals surface area contributed by atoms with Crippen molar-refractivity contribution >= 4 is 28.2 Å². The first kappa shape index (κ1) is 15.3. The minimum absolute atomic E-state index is 0.333. The monoisotopic (exact) mass is 360 g/mol. The van der Waals surface area contributed by atoms with E-state index in [-0.39, 0.29) is 5.82 Å². The predicted molar refractivity (Wildman–Crippen MR) is 102 cm³/mol. The molecule has 1 aliphatic rings. The number of halogens is 1. The molecule has 2 heterocycles. The fourth-order valence-corrected chi connectivity index (χ4v) is 3.89. The number of fused-ring (bicyclic) bond motifs is 2. The van der Waals surface area contributed by atoms with E-state index in [0.717, 1.165) is 11.3 Å². The highest BCUT2D eigenvalue weighted by Gasteiger charge is 2.22. The van der Waals surface area contributed by atoms with E-state index in [4.69, 9.17) is 5.10 Å².